The quantitative estimate of drug-likeness (QED) is 0.0206. The second-order valence-electron chi connectivity index (χ2n) is 19.3. The number of esters is 1. The fourth-order valence-electron chi connectivity index (χ4n) is 9.88. The van der Waals surface area contributed by atoms with E-state index in [1.807, 2.05) is 159 Å². The number of allylic oxidation sites excluding steroid dienone is 1. The van der Waals surface area contributed by atoms with Crippen LogP contribution in [0.3, 0.4) is 0 Å². The minimum atomic E-state index is -1.39. The number of fused-ring (bicyclic) bond motifs is 1. The molecule has 2 aliphatic rings. The van der Waals surface area contributed by atoms with Crippen molar-refractivity contribution in [2.24, 2.45) is 5.16 Å². The average Bonchev–Trinajstić information content (AvgIpc) is 3.98. The molecule has 3 amide bonds. The number of ether oxygens (including phenoxy) is 3. The number of anilines is 1. The zero-order valence-corrected chi connectivity index (χ0v) is 46.3. The van der Waals surface area contributed by atoms with Crippen molar-refractivity contribution < 1.29 is 38.2 Å². The summed E-state index contributed by atoms with van der Waals surface area (Å²) in [6, 6.07) is 65.1. The van der Waals surface area contributed by atoms with Gasteiger partial charge >= 0.3 is 12.1 Å². The summed E-state index contributed by atoms with van der Waals surface area (Å²) in [5, 5.41) is 15.8. The van der Waals surface area contributed by atoms with Crippen LogP contribution in [0.4, 0.5) is 9.93 Å². The fourth-order valence-corrected chi connectivity index (χ4v) is 11.9. The summed E-state index contributed by atoms with van der Waals surface area (Å²) >= 11 is 2.64. The summed E-state index contributed by atoms with van der Waals surface area (Å²) in [6.07, 6.45) is 2.65. The van der Waals surface area contributed by atoms with Crippen molar-refractivity contribution >= 4 is 57.8 Å². The van der Waals surface area contributed by atoms with Crippen LogP contribution in [0, 0.1) is 0 Å². The Morgan fingerprint density at radius 1 is 0.704 bits per heavy atom. The Hall–Kier alpha value is -9.25. The predicted octanol–water partition coefficient (Wildman–Crippen LogP) is 11.4. The number of nitrogens with zero attached hydrogens (tertiary/aromatic N) is 3. The third-order valence-electron chi connectivity index (χ3n) is 13.7. The Morgan fingerprint density at radius 2 is 1.21 bits per heavy atom. The van der Waals surface area contributed by atoms with Crippen molar-refractivity contribution in [2.75, 3.05) is 24.8 Å². The van der Waals surface area contributed by atoms with Gasteiger partial charge in [-0.3, -0.25) is 14.5 Å². The summed E-state index contributed by atoms with van der Waals surface area (Å²) in [7, 11) is 1.56. The number of hydrogen-bond acceptors (Lipinski definition) is 13. The highest BCUT2D eigenvalue weighted by Crippen LogP contribution is 2.44. The molecule has 7 aromatic carbocycles. The van der Waals surface area contributed by atoms with Gasteiger partial charge in [0.15, 0.2) is 10.8 Å². The van der Waals surface area contributed by atoms with E-state index < -0.39 is 46.4 Å². The van der Waals surface area contributed by atoms with Crippen LogP contribution in [0.25, 0.3) is 0 Å². The maximum atomic E-state index is 15.4. The summed E-state index contributed by atoms with van der Waals surface area (Å²) < 4.78 is 16.5. The molecule has 0 aliphatic carbocycles. The normalized spacial score (nSPS) is 15.3. The largest absolute Gasteiger partial charge is 0.497 e. The van der Waals surface area contributed by atoms with Crippen LogP contribution < -0.4 is 20.7 Å². The van der Waals surface area contributed by atoms with Gasteiger partial charge in [-0.1, -0.05) is 205 Å². The van der Waals surface area contributed by atoms with Crippen LogP contribution in [-0.2, 0) is 46.4 Å². The fraction of sp³-hybridized carbons (Fsp3) is 0.169. The first-order chi connectivity index (χ1) is 39.6. The first-order valence-electron chi connectivity index (χ1n) is 26.3. The average molecular weight is 1120 g/mol. The van der Waals surface area contributed by atoms with Gasteiger partial charge in [-0.15, -0.1) is 23.1 Å². The highest BCUT2D eigenvalue weighted by Gasteiger charge is 2.55. The van der Waals surface area contributed by atoms with Crippen LogP contribution in [0.1, 0.15) is 58.5 Å². The minimum absolute atomic E-state index is 0.00943. The van der Waals surface area contributed by atoms with Crippen LogP contribution in [0.5, 0.6) is 5.75 Å². The first-order valence-corrected chi connectivity index (χ1v) is 28.2. The molecule has 2 atom stereocenters. The smallest absolute Gasteiger partial charge is 0.407 e. The Morgan fingerprint density at radius 3 is 1.70 bits per heavy atom. The predicted molar refractivity (Wildman–Crippen MR) is 315 cm³/mol. The van der Waals surface area contributed by atoms with Crippen molar-refractivity contribution in [1.82, 2.24) is 20.5 Å². The molecule has 8 aromatic rings. The van der Waals surface area contributed by atoms with Crippen LogP contribution in [0.2, 0.25) is 0 Å². The van der Waals surface area contributed by atoms with Crippen molar-refractivity contribution in [3.8, 4) is 5.75 Å². The lowest BCUT2D eigenvalue weighted by molar-refractivity contribution is -0.153. The number of thiazole rings is 1. The molecular weight excluding hydrogens is 1060 g/mol. The van der Waals surface area contributed by atoms with E-state index in [1.165, 1.54) is 28.0 Å². The summed E-state index contributed by atoms with van der Waals surface area (Å²) in [5.41, 5.74) is 3.85. The van der Waals surface area contributed by atoms with Gasteiger partial charge in [0.25, 0.3) is 11.8 Å². The van der Waals surface area contributed by atoms with Gasteiger partial charge in [0.2, 0.25) is 5.60 Å². The summed E-state index contributed by atoms with van der Waals surface area (Å²) in [6.45, 7) is 3.45. The molecule has 3 heterocycles. The molecule has 16 heteroatoms. The van der Waals surface area contributed by atoms with E-state index in [9.17, 15) is 14.4 Å². The lowest BCUT2D eigenvalue weighted by Gasteiger charge is -2.49. The van der Waals surface area contributed by atoms with E-state index in [-0.39, 0.29) is 42.1 Å². The Kier molecular flexibility index (Phi) is 17.2. The highest BCUT2D eigenvalue weighted by molar-refractivity contribution is 8.00. The van der Waals surface area contributed by atoms with E-state index in [1.54, 1.807) is 48.9 Å². The van der Waals surface area contributed by atoms with E-state index in [0.29, 0.717) is 22.0 Å². The number of carbonyl (C=O) groups is 4. The summed E-state index contributed by atoms with van der Waals surface area (Å²) in [4.78, 5) is 70.1. The number of carbonyl (C=O) groups excluding carboxylic acids is 4. The lowest BCUT2D eigenvalue weighted by atomic mass is 9.77. The second-order valence-corrected chi connectivity index (χ2v) is 21.2. The molecule has 1 aromatic heterocycles. The van der Waals surface area contributed by atoms with Crippen molar-refractivity contribution in [2.45, 2.75) is 49.1 Å². The molecule has 1 saturated heterocycles. The van der Waals surface area contributed by atoms with Crippen molar-refractivity contribution in [3.05, 3.63) is 280 Å². The number of methoxy groups -OCH3 is 1. The van der Waals surface area contributed by atoms with Gasteiger partial charge in [-0.05, 0) is 59.9 Å². The molecule has 1 fully saturated rings. The van der Waals surface area contributed by atoms with Crippen molar-refractivity contribution in [1.29, 1.82) is 0 Å². The SMILES string of the molecule is COc1ccc(COC(=O)C2=C(/C=C\COC(=O)NC(C)C)CS[C@@H]3[C@H](NC(=O)/C(=N\OC(c4ccccc4)(c4ccccc4)c4ccccc4)c4csc(NC(c5ccccc5)(c5ccccc5)c5ccccc5)n4)C(=O)N23)cc1. The second kappa shape index (κ2) is 25.3. The van der Waals surface area contributed by atoms with Crippen molar-refractivity contribution in [3.63, 3.8) is 0 Å². The van der Waals surface area contributed by atoms with Crippen LogP contribution in [0.15, 0.2) is 240 Å². The standard InChI is InChI=1S/C65H58N6O8S2/c1-44(2)66-63(75)77-40-22-23-46-42-80-60-56(59(73)71(60)57(46)61(74)78-41-45-36-38-53(76-3)39-37-45)68-58(72)55(70-79-65(50-30-16-7-17-31-50,51-32-18-8-19-33-51)52-34-20-9-21-35-52)54-43-81-62(67-54)69-64(47-24-10-4-11-25-47,48-26-12-5-13-27-48)49-28-14-6-15-29-49/h4-39,43-44,56,60H,40-42H2,1-3H3,(H,66,75)(H,67,69)(H,68,72)/b23-22-,70-55-/t56-,60-/m1/s1. The molecule has 0 radical (unpaired) electrons. The number of hydrogen-bond donors (Lipinski definition) is 3. The molecule has 10 rings (SSSR count). The molecule has 14 nitrogen and oxygen atoms in total. The zero-order valence-electron chi connectivity index (χ0n) is 44.6. The van der Waals surface area contributed by atoms with E-state index in [0.717, 1.165) is 33.4 Å². The molecule has 81 heavy (non-hydrogen) atoms. The molecule has 3 N–H and O–H groups in total. The number of aromatic nitrogens is 1. The van der Waals surface area contributed by atoms with Crippen LogP contribution in [-0.4, -0.2) is 76.4 Å². The first kappa shape index (κ1) is 55.1. The Labute approximate surface area is 478 Å². The van der Waals surface area contributed by atoms with E-state index in [2.05, 4.69) is 52.3 Å². The number of benzene rings is 7. The number of amides is 3. The third kappa shape index (κ3) is 11.9. The van der Waals surface area contributed by atoms with E-state index in [4.69, 9.17) is 29.2 Å². The Balaban J connectivity index is 1.03. The molecule has 0 spiro atoms. The Bertz CT molecular complexity index is 3360. The lowest BCUT2D eigenvalue weighted by Crippen LogP contribution is -2.71. The third-order valence-corrected chi connectivity index (χ3v) is 15.8. The van der Waals surface area contributed by atoms with Gasteiger partial charge < -0.3 is 35.0 Å². The van der Waals surface area contributed by atoms with Gasteiger partial charge in [-0.25, -0.2) is 14.6 Å². The van der Waals surface area contributed by atoms with Gasteiger partial charge in [0.1, 0.15) is 47.3 Å². The molecule has 0 bridgehead atoms. The minimum Gasteiger partial charge on any atom is -0.497 e. The van der Waals surface area contributed by atoms with E-state index >= 15 is 4.79 Å². The van der Waals surface area contributed by atoms with Gasteiger partial charge in [0.05, 0.1) is 7.11 Å². The number of β-lactam (4-membered cyclic amide) rings is 1. The number of alkyl carbamates (subject to hydrolysis) is 1. The number of rotatable bonds is 21. The number of thioether (sulfide) groups is 1. The molecule has 0 saturated carbocycles. The monoisotopic (exact) mass is 1110 g/mol. The zero-order chi connectivity index (χ0) is 56.2. The van der Waals surface area contributed by atoms with Crippen LogP contribution >= 0.6 is 23.1 Å². The summed E-state index contributed by atoms with van der Waals surface area (Å²) in [5.74, 6) is -1.16. The molecule has 2 aliphatic heterocycles. The molecular formula is C65H58N6O8S2. The molecule has 0 unspecified atom stereocenters. The topological polar surface area (TPSA) is 170 Å². The van der Waals surface area contributed by atoms with Gasteiger partial charge in [-0.2, -0.15) is 0 Å². The molecule has 408 valence electrons. The van der Waals surface area contributed by atoms with Gasteiger partial charge in [0, 0.05) is 33.9 Å². The maximum Gasteiger partial charge on any atom is 0.407 e. The number of oxime groups is 1. The highest BCUT2D eigenvalue weighted by atomic mass is 32.2. The number of nitrogens with one attached hydrogen (secondary N) is 3. The maximum absolute atomic E-state index is 15.4.